The molecule has 2 nitrogen and oxygen atoms in total. The average Bonchev–Trinajstić information content (AvgIpc) is 2.50. The van der Waals surface area contributed by atoms with Gasteiger partial charge < -0.3 is 10.1 Å². The second kappa shape index (κ2) is 7.41. The van der Waals surface area contributed by atoms with E-state index in [1.165, 1.54) is 16.3 Å². The van der Waals surface area contributed by atoms with E-state index in [1.807, 2.05) is 0 Å². The molecule has 2 aromatic rings. The lowest BCUT2D eigenvalue weighted by molar-refractivity contribution is 0.171. The van der Waals surface area contributed by atoms with Crippen molar-refractivity contribution in [2.75, 3.05) is 20.8 Å². The highest BCUT2D eigenvalue weighted by atomic mass is 16.5. The van der Waals surface area contributed by atoms with Gasteiger partial charge in [0.1, 0.15) is 0 Å². The summed E-state index contributed by atoms with van der Waals surface area (Å²) in [6, 6.07) is 15.7. The molecule has 2 heteroatoms. The van der Waals surface area contributed by atoms with Gasteiger partial charge in [0.25, 0.3) is 0 Å². The van der Waals surface area contributed by atoms with Crippen LogP contribution in [0.15, 0.2) is 42.5 Å². The Balaban J connectivity index is 2.17. The van der Waals surface area contributed by atoms with E-state index in [4.69, 9.17) is 4.74 Å². The molecule has 0 bridgehead atoms. The molecular formula is C18H25NO. The van der Waals surface area contributed by atoms with Crippen molar-refractivity contribution < 1.29 is 4.74 Å². The molecule has 0 fully saturated rings. The number of likely N-dealkylation sites (N-methyl/N-ethyl adjacent to an activating group) is 1. The molecule has 2 aromatic carbocycles. The van der Waals surface area contributed by atoms with Crippen LogP contribution in [0.4, 0.5) is 0 Å². The van der Waals surface area contributed by atoms with Crippen LogP contribution in [0, 0.1) is 5.92 Å². The van der Waals surface area contributed by atoms with E-state index in [-0.39, 0.29) is 0 Å². The summed E-state index contributed by atoms with van der Waals surface area (Å²) in [5, 5.41) is 6.16. The quantitative estimate of drug-likeness (QED) is 0.830. The number of fused-ring (bicyclic) bond motifs is 1. The predicted octanol–water partition coefficient (Wildman–Crippen LogP) is 3.64. The number of hydrogen-bond donors (Lipinski definition) is 1. The van der Waals surface area contributed by atoms with Crippen LogP contribution in [0.2, 0.25) is 0 Å². The molecule has 0 saturated heterocycles. The Morgan fingerprint density at radius 1 is 1.10 bits per heavy atom. The number of hydrogen-bond acceptors (Lipinski definition) is 2. The molecule has 20 heavy (non-hydrogen) atoms. The van der Waals surface area contributed by atoms with Gasteiger partial charge in [0.05, 0.1) is 0 Å². The van der Waals surface area contributed by atoms with Gasteiger partial charge in [0.2, 0.25) is 0 Å². The fourth-order valence-corrected chi connectivity index (χ4v) is 2.80. The Hall–Kier alpha value is -1.38. The first kappa shape index (κ1) is 15.0. The maximum atomic E-state index is 5.20. The fraction of sp³-hybridized carbons (Fsp3) is 0.444. The summed E-state index contributed by atoms with van der Waals surface area (Å²) in [6.45, 7) is 3.13. The lowest BCUT2D eigenvalue weighted by Crippen LogP contribution is -2.34. The maximum absolute atomic E-state index is 5.20. The first-order valence-corrected chi connectivity index (χ1v) is 7.39. The number of benzene rings is 2. The second-order valence-electron chi connectivity index (χ2n) is 5.50. The minimum atomic E-state index is 0.482. The molecule has 0 spiro atoms. The van der Waals surface area contributed by atoms with Crippen molar-refractivity contribution in [3.63, 3.8) is 0 Å². The van der Waals surface area contributed by atoms with E-state index in [0.29, 0.717) is 12.0 Å². The van der Waals surface area contributed by atoms with E-state index in [9.17, 15) is 0 Å². The van der Waals surface area contributed by atoms with Crippen molar-refractivity contribution in [3.05, 3.63) is 48.0 Å². The van der Waals surface area contributed by atoms with Crippen molar-refractivity contribution in [2.24, 2.45) is 5.92 Å². The Labute approximate surface area is 122 Å². The number of methoxy groups -OCH3 is 1. The van der Waals surface area contributed by atoms with E-state index in [2.05, 4.69) is 61.8 Å². The third-order valence-corrected chi connectivity index (χ3v) is 4.15. The van der Waals surface area contributed by atoms with Crippen LogP contribution in [-0.2, 0) is 11.2 Å². The van der Waals surface area contributed by atoms with Crippen LogP contribution in [0.1, 0.15) is 18.9 Å². The van der Waals surface area contributed by atoms with Gasteiger partial charge in [0, 0.05) is 19.8 Å². The van der Waals surface area contributed by atoms with Crippen molar-refractivity contribution >= 4 is 10.8 Å². The lowest BCUT2D eigenvalue weighted by atomic mass is 9.90. The first-order valence-electron chi connectivity index (χ1n) is 7.39. The molecule has 108 valence electrons. The summed E-state index contributed by atoms with van der Waals surface area (Å²) in [5.74, 6) is 0.596. The Morgan fingerprint density at radius 2 is 1.85 bits per heavy atom. The lowest BCUT2D eigenvalue weighted by Gasteiger charge is -2.24. The molecule has 2 rings (SSSR count). The normalized spacial score (nSPS) is 14.3. The molecule has 0 aromatic heterocycles. The maximum Gasteiger partial charge on any atom is 0.0465 e. The minimum Gasteiger partial charge on any atom is -0.385 e. The zero-order valence-electron chi connectivity index (χ0n) is 12.7. The molecule has 0 aliphatic rings. The standard InChI is InChI=1S/C18H25NO/c1-14(11-12-20-3)18(19-2)13-16-9-6-8-15-7-4-5-10-17(15)16/h4-10,14,18-19H,11-13H2,1-3H3. The molecule has 2 unspecified atom stereocenters. The molecular weight excluding hydrogens is 246 g/mol. The second-order valence-corrected chi connectivity index (χ2v) is 5.50. The highest BCUT2D eigenvalue weighted by molar-refractivity contribution is 5.85. The number of nitrogens with one attached hydrogen (secondary N) is 1. The largest absolute Gasteiger partial charge is 0.385 e. The Kier molecular flexibility index (Phi) is 5.57. The van der Waals surface area contributed by atoms with Crippen LogP contribution in [0.5, 0.6) is 0 Å². The van der Waals surface area contributed by atoms with Gasteiger partial charge in [-0.15, -0.1) is 0 Å². The zero-order valence-corrected chi connectivity index (χ0v) is 12.7. The van der Waals surface area contributed by atoms with Crippen molar-refractivity contribution in [1.82, 2.24) is 5.32 Å². The zero-order chi connectivity index (χ0) is 14.4. The number of rotatable bonds is 7. The molecule has 0 amide bonds. The van der Waals surface area contributed by atoms with Gasteiger partial charge in [-0.1, -0.05) is 49.4 Å². The van der Waals surface area contributed by atoms with Gasteiger partial charge in [-0.3, -0.25) is 0 Å². The molecule has 0 radical (unpaired) electrons. The van der Waals surface area contributed by atoms with E-state index in [1.54, 1.807) is 7.11 Å². The fourth-order valence-electron chi connectivity index (χ4n) is 2.80. The van der Waals surface area contributed by atoms with Crippen molar-refractivity contribution in [2.45, 2.75) is 25.8 Å². The predicted molar refractivity (Wildman–Crippen MR) is 86.2 cm³/mol. The monoisotopic (exact) mass is 271 g/mol. The molecule has 0 aliphatic heterocycles. The highest BCUT2D eigenvalue weighted by Gasteiger charge is 2.16. The summed E-state index contributed by atoms with van der Waals surface area (Å²) in [5.41, 5.74) is 1.42. The molecule has 0 heterocycles. The van der Waals surface area contributed by atoms with Gasteiger partial charge in [-0.2, -0.15) is 0 Å². The van der Waals surface area contributed by atoms with Crippen LogP contribution in [-0.4, -0.2) is 26.8 Å². The average molecular weight is 271 g/mol. The molecule has 2 atom stereocenters. The summed E-state index contributed by atoms with van der Waals surface area (Å²) in [4.78, 5) is 0. The summed E-state index contributed by atoms with van der Waals surface area (Å²) < 4.78 is 5.20. The van der Waals surface area contributed by atoms with Gasteiger partial charge in [-0.25, -0.2) is 0 Å². The topological polar surface area (TPSA) is 21.3 Å². The molecule has 0 saturated carbocycles. The summed E-state index contributed by atoms with van der Waals surface area (Å²) >= 11 is 0. The highest BCUT2D eigenvalue weighted by Crippen LogP contribution is 2.22. The SMILES string of the molecule is CNC(Cc1cccc2ccccc12)C(C)CCOC. The van der Waals surface area contributed by atoms with Gasteiger partial charge in [-0.05, 0) is 42.1 Å². The van der Waals surface area contributed by atoms with E-state index in [0.717, 1.165) is 19.4 Å². The molecule has 0 aliphatic carbocycles. The van der Waals surface area contributed by atoms with Crippen molar-refractivity contribution in [1.29, 1.82) is 0 Å². The smallest absolute Gasteiger partial charge is 0.0465 e. The first-order chi connectivity index (χ1) is 9.76. The van der Waals surface area contributed by atoms with Crippen LogP contribution in [0.25, 0.3) is 10.8 Å². The summed E-state index contributed by atoms with van der Waals surface area (Å²) in [6.07, 6.45) is 2.15. The Morgan fingerprint density at radius 3 is 2.60 bits per heavy atom. The number of ether oxygens (including phenoxy) is 1. The van der Waals surface area contributed by atoms with Gasteiger partial charge >= 0.3 is 0 Å². The van der Waals surface area contributed by atoms with E-state index >= 15 is 0 Å². The van der Waals surface area contributed by atoms with Crippen LogP contribution >= 0.6 is 0 Å². The third-order valence-electron chi connectivity index (χ3n) is 4.15. The third kappa shape index (κ3) is 3.59. The Bertz CT molecular complexity index is 532. The van der Waals surface area contributed by atoms with Crippen molar-refractivity contribution in [3.8, 4) is 0 Å². The van der Waals surface area contributed by atoms with E-state index < -0.39 is 0 Å². The van der Waals surface area contributed by atoms with Crippen LogP contribution in [0.3, 0.4) is 0 Å². The van der Waals surface area contributed by atoms with Crippen LogP contribution < -0.4 is 5.32 Å². The molecule has 1 N–H and O–H groups in total. The summed E-state index contributed by atoms with van der Waals surface area (Å²) in [7, 11) is 3.82. The minimum absolute atomic E-state index is 0.482. The van der Waals surface area contributed by atoms with Gasteiger partial charge in [0.15, 0.2) is 0 Å².